The monoisotopic (exact) mass is 433 g/mol. The zero-order valence-corrected chi connectivity index (χ0v) is 18.0. The Morgan fingerprint density at radius 1 is 0.938 bits per heavy atom. The fraction of sp³-hybridized carbons (Fsp3) is 0.231. The van der Waals surface area contributed by atoms with Crippen LogP contribution in [0.25, 0.3) is 16.7 Å². The van der Waals surface area contributed by atoms with Crippen LogP contribution in [0.15, 0.2) is 72.8 Å². The van der Waals surface area contributed by atoms with E-state index in [0.717, 1.165) is 42.0 Å². The predicted molar refractivity (Wildman–Crippen MR) is 122 cm³/mol. The van der Waals surface area contributed by atoms with Gasteiger partial charge in [-0.3, -0.25) is 9.36 Å². The minimum atomic E-state index is -1.12. The Hall–Kier alpha value is -3.54. The Labute approximate surface area is 186 Å². The van der Waals surface area contributed by atoms with Gasteiger partial charge in [0.25, 0.3) is 5.91 Å². The molecule has 164 valence electrons. The lowest BCUT2D eigenvalue weighted by molar-refractivity contribution is 0.0729. The first-order valence-corrected chi connectivity index (χ1v) is 10.8. The summed E-state index contributed by atoms with van der Waals surface area (Å²) in [6.07, 6.45) is 2.69. The fourth-order valence-electron chi connectivity index (χ4n) is 3.86. The molecule has 0 fully saturated rings. The van der Waals surface area contributed by atoms with Crippen LogP contribution in [0.5, 0.6) is 0 Å². The molecule has 1 amide bonds. The van der Waals surface area contributed by atoms with Crippen LogP contribution < -0.4 is 0 Å². The van der Waals surface area contributed by atoms with E-state index in [1.807, 2.05) is 59.2 Å². The fourth-order valence-corrected chi connectivity index (χ4v) is 3.86. The van der Waals surface area contributed by atoms with Crippen molar-refractivity contribution in [3.05, 3.63) is 95.8 Å². The minimum absolute atomic E-state index is 0.183. The van der Waals surface area contributed by atoms with Gasteiger partial charge in [0, 0.05) is 12.2 Å². The second-order valence-electron chi connectivity index (χ2n) is 7.72. The lowest BCUT2D eigenvalue weighted by atomic mass is 10.1. The van der Waals surface area contributed by atoms with Crippen LogP contribution in [-0.2, 0) is 6.54 Å². The number of fused-ring (bicyclic) bond motifs is 1. The smallest absolute Gasteiger partial charge is 0.257 e. The molecular weight excluding hydrogens is 408 g/mol. The molecule has 1 aromatic heterocycles. The van der Waals surface area contributed by atoms with E-state index < -0.39 is 17.5 Å². The van der Waals surface area contributed by atoms with Crippen molar-refractivity contribution in [1.29, 1.82) is 0 Å². The summed E-state index contributed by atoms with van der Waals surface area (Å²) in [5.74, 6) is -2.01. The number of aromatic nitrogens is 2. The highest BCUT2D eigenvalue weighted by Gasteiger charge is 2.24. The van der Waals surface area contributed by atoms with Gasteiger partial charge in [0.15, 0.2) is 11.6 Å². The van der Waals surface area contributed by atoms with Gasteiger partial charge in [-0.05, 0) is 42.8 Å². The Bertz CT molecular complexity index is 1220. The zero-order chi connectivity index (χ0) is 22.5. The minimum Gasteiger partial charge on any atom is -0.331 e. The summed E-state index contributed by atoms with van der Waals surface area (Å²) in [5, 5.41) is 0. The molecule has 0 N–H and O–H groups in total. The number of carbonyl (C=O) groups excluding carboxylic acids is 1. The molecule has 1 heterocycles. The largest absolute Gasteiger partial charge is 0.331 e. The first kappa shape index (κ1) is 21.7. The van der Waals surface area contributed by atoms with Crippen molar-refractivity contribution >= 4 is 16.9 Å². The molecular formula is C26H25F2N3O. The number of carbonyl (C=O) groups is 1. The van der Waals surface area contributed by atoms with Crippen LogP contribution >= 0.6 is 0 Å². The van der Waals surface area contributed by atoms with Crippen molar-refractivity contribution in [2.24, 2.45) is 0 Å². The second kappa shape index (κ2) is 9.73. The lowest BCUT2D eigenvalue weighted by Gasteiger charge is -2.23. The molecule has 0 aliphatic carbocycles. The van der Waals surface area contributed by atoms with Gasteiger partial charge in [-0.1, -0.05) is 56.2 Å². The van der Waals surface area contributed by atoms with Crippen LogP contribution in [-0.4, -0.2) is 26.9 Å². The molecule has 0 atom stereocenters. The third-order valence-corrected chi connectivity index (χ3v) is 5.48. The number of amides is 1. The van der Waals surface area contributed by atoms with E-state index in [4.69, 9.17) is 4.98 Å². The van der Waals surface area contributed by atoms with Crippen molar-refractivity contribution in [2.45, 2.75) is 32.7 Å². The molecule has 0 saturated heterocycles. The summed E-state index contributed by atoms with van der Waals surface area (Å²) >= 11 is 0. The number of halogens is 2. The summed E-state index contributed by atoms with van der Waals surface area (Å²) < 4.78 is 30.2. The van der Waals surface area contributed by atoms with E-state index in [1.54, 1.807) is 4.90 Å². The number of benzene rings is 3. The van der Waals surface area contributed by atoms with E-state index in [9.17, 15) is 13.6 Å². The summed E-state index contributed by atoms with van der Waals surface area (Å²) in [6.45, 7) is 2.69. The average molecular weight is 434 g/mol. The Morgan fingerprint density at radius 2 is 1.69 bits per heavy atom. The summed E-state index contributed by atoms with van der Waals surface area (Å²) in [7, 11) is 0. The summed E-state index contributed by atoms with van der Waals surface area (Å²) in [5.41, 5.74) is 2.40. The maximum atomic E-state index is 14.4. The molecule has 0 aliphatic rings. The molecule has 0 spiro atoms. The Balaban J connectivity index is 1.75. The SMILES string of the molecule is CCCCCN(Cc1nc2ccccc2n1-c1ccccc1)C(=O)c1cccc(F)c1F. The van der Waals surface area contributed by atoms with Crippen molar-refractivity contribution in [1.82, 2.24) is 14.5 Å². The third-order valence-electron chi connectivity index (χ3n) is 5.48. The standard InChI is InChI=1S/C26H25F2N3O/c1-2-3-9-17-30(26(32)20-13-10-14-21(27)25(20)28)18-24-29-22-15-7-8-16-23(22)31(24)19-11-5-4-6-12-19/h4-8,10-16H,2-3,9,17-18H2,1H3. The molecule has 0 aliphatic heterocycles. The molecule has 4 nitrogen and oxygen atoms in total. The van der Waals surface area contributed by atoms with Gasteiger partial charge in [0.2, 0.25) is 0 Å². The number of para-hydroxylation sites is 3. The quantitative estimate of drug-likeness (QED) is 0.313. The van der Waals surface area contributed by atoms with E-state index in [0.29, 0.717) is 12.4 Å². The zero-order valence-electron chi connectivity index (χ0n) is 18.0. The van der Waals surface area contributed by atoms with E-state index in [-0.39, 0.29) is 12.1 Å². The number of rotatable bonds is 8. The van der Waals surface area contributed by atoms with Crippen LogP contribution in [0.3, 0.4) is 0 Å². The molecule has 0 bridgehead atoms. The molecule has 32 heavy (non-hydrogen) atoms. The normalized spacial score (nSPS) is 11.1. The van der Waals surface area contributed by atoms with Crippen molar-refractivity contribution in [3.8, 4) is 5.69 Å². The molecule has 0 unspecified atom stereocenters. The van der Waals surface area contributed by atoms with Crippen molar-refractivity contribution in [3.63, 3.8) is 0 Å². The van der Waals surface area contributed by atoms with E-state index in [1.165, 1.54) is 12.1 Å². The molecule has 0 radical (unpaired) electrons. The molecule has 4 rings (SSSR count). The van der Waals surface area contributed by atoms with Crippen LogP contribution in [0.2, 0.25) is 0 Å². The van der Waals surface area contributed by atoms with Gasteiger partial charge in [-0.25, -0.2) is 13.8 Å². The van der Waals surface area contributed by atoms with Crippen LogP contribution in [0.4, 0.5) is 8.78 Å². The van der Waals surface area contributed by atoms with Gasteiger partial charge in [-0.15, -0.1) is 0 Å². The topological polar surface area (TPSA) is 38.1 Å². The number of hydrogen-bond donors (Lipinski definition) is 0. The van der Waals surface area contributed by atoms with E-state index >= 15 is 0 Å². The first-order valence-electron chi connectivity index (χ1n) is 10.8. The molecule has 3 aromatic carbocycles. The lowest BCUT2D eigenvalue weighted by Crippen LogP contribution is -2.33. The van der Waals surface area contributed by atoms with Gasteiger partial charge in [0.05, 0.1) is 23.1 Å². The number of hydrogen-bond acceptors (Lipinski definition) is 2. The van der Waals surface area contributed by atoms with Gasteiger partial charge in [-0.2, -0.15) is 0 Å². The average Bonchev–Trinajstić information content (AvgIpc) is 3.18. The van der Waals surface area contributed by atoms with Gasteiger partial charge in [0.1, 0.15) is 5.82 Å². The maximum absolute atomic E-state index is 14.4. The van der Waals surface area contributed by atoms with Crippen molar-refractivity contribution in [2.75, 3.05) is 6.54 Å². The number of imidazole rings is 1. The highest BCUT2D eigenvalue weighted by atomic mass is 19.2. The Morgan fingerprint density at radius 3 is 2.47 bits per heavy atom. The Kier molecular flexibility index (Phi) is 6.59. The first-order chi connectivity index (χ1) is 15.6. The molecule has 6 heteroatoms. The molecule has 4 aromatic rings. The van der Waals surface area contributed by atoms with Gasteiger partial charge >= 0.3 is 0 Å². The highest BCUT2D eigenvalue weighted by Crippen LogP contribution is 2.24. The van der Waals surface area contributed by atoms with Crippen molar-refractivity contribution < 1.29 is 13.6 Å². The highest BCUT2D eigenvalue weighted by molar-refractivity contribution is 5.94. The summed E-state index contributed by atoms with van der Waals surface area (Å²) in [4.78, 5) is 19.6. The number of unbranched alkanes of at least 4 members (excludes halogenated alkanes) is 2. The third kappa shape index (κ3) is 4.40. The van der Waals surface area contributed by atoms with E-state index in [2.05, 4.69) is 6.92 Å². The number of nitrogens with zero attached hydrogens (tertiary/aromatic N) is 3. The molecule has 0 saturated carbocycles. The van der Waals surface area contributed by atoms with Crippen LogP contribution in [0.1, 0.15) is 42.4 Å². The second-order valence-corrected chi connectivity index (χ2v) is 7.72. The van der Waals surface area contributed by atoms with Gasteiger partial charge < -0.3 is 4.90 Å². The van der Waals surface area contributed by atoms with Crippen LogP contribution in [0, 0.1) is 11.6 Å². The summed E-state index contributed by atoms with van der Waals surface area (Å²) in [6, 6.07) is 21.3. The predicted octanol–water partition coefficient (Wildman–Crippen LogP) is 6.14. The maximum Gasteiger partial charge on any atom is 0.257 e.